The van der Waals surface area contributed by atoms with Crippen molar-refractivity contribution in [3.8, 4) is 11.1 Å². The zero-order valence-electron chi connectivity index (χ0n) is 20.0. The molecule has 3 N–H and O–H groups in total. The van der Waals surface area contributed by atoms with Crippen LogP contribution in [-0.4, -0.2) is 42.3 Å². The van der Waals surface area contributed by atoms with Crippen molar-refractivity contribution in [2.45, 2.75) is 63.3 Å². The van der Waals surface area contributed by atoms with Crippen molar-refractivity contribution in [3.63, 3.8) is 0 Å². The molecule has 0 heterocycles. The zero-order valence-corrected chi connectivity index (χ0v) is 20.0. The van der Waals surface area contributed by atoms with Gasteiger partial charge in [0.1, 0.15) is 6.61 Å². The maximum atomic E-state index is 12.7. The van der Waals surface area contributed by atoms with Gasteiger partial charge in [-0.3, -0.25) is 9.59 Å². The van der Waals surface area contributed by atoms with Gasteiger partial charge in [0.15, 0.2) is 0 Å². The minimum Gasteiger partial charge on any atom is -0.481 e. The van der Waals surface area contributed by atoms with Crippen LogP contribution in [0, 0.1) is 5.92 Å². The van der Waals surface area contributed by atoms with E-state index in [2.05, 4.69) is 34.9 Å². The number of ether oxygens (including phenoxy) is 1. The molecule has 35 heavy (non-hydrogen) atoms. The van der Waals surface area contributed by atoms with Gasteiger partial charge >= 0.3 is 12.1 Å². The van der Waals surface area contributed by atoms with E-state index < -0.39 is 12.1 Å². The Morgan fingerprint density at radius 3 is 2.26 bits per heavy atom. The van der Waals surface area contributed by atoms with E-state index in [4.69, 9.17) is 9.84 Å². The molecule has 0 spiro atoms. The number of amides is 2. The lowest BCUT2D eigenvalue weighted by molar-refractivity contribution is -0.137. The predicted octanol–water partition coefficient (Wildman–Crippen LogP) is 4.85. The molecule has 2 aliphatic rings. The Hall–Kier alpha value is -3.35. The third-order valence-electron chi connectivity index (χ3n) is 7.14. The van der Waals surface area contributed by atoms with Crippen LogP contribution < -0.4 is 10.6 Å². The van der Waals surface area contributed by atoms with Gasteiger partial charge in [0.25, 0.3) is 0 Å². The van der Waals surface area contributed by atoms with Gasteiger partial charge in [0, 0.05) is 31.3 Å². The maximum absolute atomic E-state index is 12.7. The molecule has 7 heteroatoms. The number of unbranched alkanes of at least 4 members (excludes halogenated alkanes) is 1. The number of aliphatic carboxylic acids is 1. The lowest BCUT2D eigenvalue weighted by Gasteiger charge is -2.31. The molecule has 2 aromatic carbocycles. The summed E-state index contributed by atoms with van der Waals surface area (Å²) in [6, 6.07) is 16.4. The van der Waals surface area contributed by atoms with Crippen molar-refractivity contribution in [1.29, 1.82) is 0 Å². The Morgan fingerprint density at radius 1 is 0.914 bits per heavy atom. The standard InChI is InChI=1S/C28H34N2O5/c31-26(29-16-8-7-15-27(32)33)17-19-9-1-6-14-25(19)30-28(34)35-18-24-22-12-4-2-10-20(22)21-11-3-5-13-23(21)24/h2-5,10-13,19,24-25H,1,6-9,14-18H2,(H,29,31)(H,30,34)(H,32,33)/t19-,25-/m0/s1. The van der Waals surface area contributed by atoms with Crippen molar-refractivity contribution in [2.75, 3.05) is 13.2 Å². The van der Waals surface area contributed by atoms with Crippen LogP contribution in [-0.2, 0) is 14.3 Å². The lowest BCUT2D eigenvalue weighted by atomic mass is 9.82. The van der Waals surface area contributed by atoms with E-state index in [1.807, 2.05) is 24.3 Å². The number of nitrogens with one attached hydrogen (secondary N) is 2. The Bertz CT molecular complexity index is 1010. The zero-order chi connectivity index (χ0) is 24.6. The number of alkyl carbamates (subject to hydrolysis) is 1. The fourth-order valence-corrected chi connectivity index (χ4v) is 5.37. The molecular formula is C28H34N2O5. The molecule has 0 aromatic heterocycles. The van der Waals surface area contributed by atoms with Gasteiger partial charge in [-0.05, 0) is 53.9 Å². The van der Waals surface area contributed by atoms with E-state index in [9.17, 15) is 14.4 Å². The molecule has 1 fully saturated rings. The number of hydrogen-bond donors (Lipinski definition) is 3. The van der Waals surface area contributed by atoms with Gasteiger partial charge < -0.3 is 20.5 Å². The summed E-state index contributed by atoms with van der Waals surface area (Å²) in [4.78, 5) is 35.7. The summed E-state index contributed by atoms with van der Waals surface area (Å²) in [5, 5.41) is 14.6. The molecule has 0 radical (unpaired) electrons. The van der Waals surface area contributed by atoms with Crippen LogP contribution in [0.25, 0.3) is 11.1 Å². The summed E-state index contributed by atoms with van der Waals surface area (Å²) in [5.74, 6) is -0.780. The largest absolute Gasteiger partial charge is 0.481 e. The number of hydrogen-bond acceptors (Lipinski definition) is 4. The molecule has 0 bridgehead atoms. The first kappa shape index (κ1) is 24.8. The van der Waals surface area contributed by atoms with Crippen LogP contribution in [0.3, 0.4) is 0 Å². The number of fused-ring (bicyclic) bond motifs is 3. The van der Waals surface area contributed by atoms with Crippen LogP contribution in [0.4, 0.5) is 4.79 Å². The fraction of sp³-hybridized carbons (Fsp3) is 0.464. The topological polar surface area (TPSA) is 105 Å². The van der Waals surface area contributed by atoms with E-state index >= 15 is 0 Å². The van der Waals surface area contributed by atoms with Gasteiger partial charge in [-0.15, -0.1) is 0 Å². The normalized spacial score (nSPS) is 18.9. The molecule has 0 saturated heterocycles. The Morgan fingerprint density at radius 2 is 1.57 bits per heavy atom. The summed E-state index contributed by atoms with van der Waals surface area (Å²) in [6.07, 6.45) is 5.01. The van der Waals surface area contributed by atoms with Crippen LogP contribution in [0.15, 0.2) is 48.5 Å². The molecule has 2 atom stereocenters. The SMILES string of the molecule is O=C(O)CCCCNC(=O)C[C@@H]1CCCC[C@@H]1NC(=O)OCC1c2ccccc2-c2ccccc21. The maximum Gasteiger partial charge on any atom is 0.407 e. The molecule has 2 amide bonds. The molecule has 7 nitrogen and oxygen atoms in total. The first-order valence-electron chi connectivity index (χ1n) is 12.6. The third kappa shape index (κ3) is 6.41. The van der Waals surface area contributed by atoms with E-state index in [0.717, 1.165) is 25.7 Å². The number of benzene rings is 2. The average Bonchev–Trinajstić information content (AvgIpc) is 3.17. The second kappa shape index (κ2) is 11.9. The van der Waals surface area contributed by atoms with E-state index in [-0.39, 0.29) is 36.8 Å². The highest BCUT2D eigenvalue weighted by Crippen LogP contribution is 2.44. The minimum atomic E-state index is -0.819. The highest BCUT2D eigenvalue weighted by molar-refractivity contribution is 5.79. The van der Waals surface area contributed by atoms with Crippen molar-refractivity contribution in [1.82, 2.24) is 10.6 Å². The number of carboxylic acids is 1. The summed E-state index contributed by atoms with van der Waals surface area (Å²) in [6.45, 7) is 0.747. The van der Waals surface area contributed by atoms with Crippen molar-refractivity contribution in [3.05, 3.63) is 59.7 Å². The first-order valence-corrected chi connectivity index (χ1v) is 12.6. The number of rotatable bonds is 10. The van der Waals surface area contributed by atoms with Crippen molar-refractivity contribution < 1.29 is 24.2 Å². The monoisotopic (exact) mass is 478 g/mol. The van der Waals surface area contributed by atoms with E-state index in [0.29, 0.717) is 25.8 Å². The number of carbonyl (C=O) groups is 3. The molecule has 2 aromatic rings. The summed E-state index contributed by atoms with van der Waals surface area (Å²) in [7, 11) is 0. The molecule has 0 unspecified atom stereocenters. The number of carbonyl (C=O) groups excluding carboxylic acids is 2. The molecule has 2 aliphatic carbocycles. The van der Waals surface area contributed by atoms with Crippen LogP contribution >= 0.6 is 0 Å². The van der Waals surface area contributed by atoms with Gasteiger partial charge in [-0.25, -0.2) is 4.79 Å². The summed E-state index contributed by atoms with van der Waals surface area (Å²) < 4.78 is 5.71. The van der Waals surface area contributed by atoms with Gasteiger partial charge in [-0.1, -0.05) is 61.4 Å². The molecule has 0 aliphatic heterocycles. The Labute approximate surface area is 206 Å². The smallest absolute Gasteiger partial charge is 0.407 e. The minimum absolute atomic E-state index is 0.0159. The van der Waals surface area contributed by atoms with Crippen molar-refractivity contribution in [2.24, 2.45) is 5.92 Å². The predicted molar refractivity (Wildman–Crippen MR) is 133 cm³/mol. The molecule has 4 rings (SSSR count). The first-order chi connectivity index (χ1) is 17.0. The third-order valence-corrected chi connectivity index (χ3v) is 7.14. The lowest BCUT2D eigenvalue weighted by Crippen LogP contribution is -2.44. The second-order valence-electron chi connectivity index (χ2n) is 9.53. The molecule has 186 valence electrons. The number of carboxylic acid groups (broad SMARTS) is 1. The van der Waals surface area contributed by atoms with Gasteiger partial charge in [0.05, 0.1) is 0 Å². The van der Waals surface area contributed by atoms with Crippen LogP contribution in [0.2, 0.25) is 0 Å². The van der Waals surface area contributed by atoms with Crippen LogP contribution in [0.5, 0.6) is 0 Å². The Kier molecular flexibility index (Phi) is 8.40. The molecule has 1 saturated carbocycles. The summed E-state index contributed by atoms with van der Waals surface area (Å²) in [5.41, 5.74) is 4.74. The van der Waals surface area contributed by atoms with Crippen LogP contribution in [0.1, 0.15) is 68.4 Å². The highest BCUT2D eigenvalue weighted by atomic mass is 16.5. The van der Waals surface area contributed by atoms with E-state index in [1.54, 1.807) is 0 Å². The summed E-state index contributed by atoms with van der Waals surface area (Å²) >= 11 is 0. The van der Waals surface area contributed by atoms with Crippen molar-refractivity contribution >= 4 is 18.0 Å². The second-order valence-corrected chi connectivity index (χ2v) is 9.53. The fourth-order valence-electron chi connectivity index (χ4n) is 5.37. The van der Waals surface area contributed by atoms with E-state index in [1.165, 1.54) is 22.3 Å². The average molecular weight is 479 g/mol. The Balaban J connectivity index is 1.27. The quantitative estimate of drug-likeness (QED) is 0.424. The van der Waals surface area contributed by atoms with Gasteiger partial charge in [-0.2, -0.15) is 0 Å². The highest BCUT2D eigenvalue weighted by Gasteiger charge is 2.31. The molecular weight excluding hydrogens is 444 g/mol. The van der Waals surface area contributed by atoms with Gasteiger partial charge in [0.2, 0.25) is 5.91 Å².